The standard InChI is InChI=1S/C14H21N3O5S/c1-15(2)23(20,21)17-7-12-6-16(5-11-3-4-22-8-11)9-14(12,10-17)13(18)19/h3-4,8,12H,5-7,9-10H2,1-2H3,(H,18,19)/t12-,14-/m1/s1. The Kier molecular flexibility index (Phi) is 3.99. The van der Waals surface area contributed by atoms with Crippen LogP contribution in [0.1, 0.15) is 5.56 Å². The molecule has 2 aliphatic heterocycles. The molecule has 1 aromatic rings. The summed E-state index contributed by atoms with van der Waals surface area (Å²) in [5, 5.41) is 9.76. The number of carboxylic acids is 1. The molecule has 23 heavy (non-hydrogen) atoms. The highest BCUT2D eigenvalue weighted by atomic mass is 32.2. The summed E-state index contributed by atoms with van der Waals surface area (Å²) in [4.78, 5) is 14.0. The topological polar surface area (TPSA) is 94.3 Å². The van der Waals surface area contributed by atoms with Gasteiger partial charge in [0.2, 0.25) is 0 Å². The number of hydrogen-bond donors (Lipinski definition) is 1. The zero-order valence-corrected chi connectivity index (χ0v) is 14.0. The fourth-order valence-corrected chi connectivity index (χ4v) is 4.82. The first-order valence-electron chi connectivity index (χ1n) is 7.40. The molecular formula is C14H21N3O5S. The number of carbonyl (C=O) groups is 1. The van der Waals surface area contributed by atoms with Crippen molar-refractivity contribution < 1.29 is 22.7 Å². The average Bonchev–Trinajstić information content (AvgIpc) is 3.12. The molecule has 9 heteroatoms. The molecule has 2 atom stereocenters. The van der Waals surface area contributed by atoms with Crippen LogP contribution in [-0.4, -0.2) is 73.3 Å². The molecule has 2 fully saturated rings. The molecule has 1 N–H and O–H groups in total. The summed E-state index contributed by atoms with van der Waals surface area (Å²) in [6.07, 6.45) is 3.23. The molecule has 0 spiro atoms. The van der Waals surface area contributed by atoms with Gasteiger partial charge in [0.15, 0.2) is 0 Å². The second-order valence-corrected chi connectivity index (χ2v) is 8.68. The predicted octanol–water partition coefficient (Wildman–Crippen LogP) is -0.0956. The van der Waals surface area contributed by atoms with Gasteiger partial charge in [0.05, 0.1) is 17.9 Å². The summed E-state index contributed by atoms with van der Waals surface area (Å²) in [5.74, 6) is -1.13. The molecule has 0 radical (unpaired) electrons. The third kappa shape index (κ3) is 2.67. The minimum atomic E-state index is -3.59. The van der Waals surface area contributed by atoms with Crippen molar-refractivity contribution in [1.29, 1.82) is 0 Å². The second kappa shape index (κ2) is 5.59. The predicted molar refractivity (Wildman–Crippen MR) is 81.7 cm³/mol. The number of rotatable bonds is 5. The summed E-state index contributed by atoms with van der Waals surface area (Å²) in [7, 11) is -0.667. The molecule has 0 saturated carbocycles. The third-order valence-electron chi connectivity index (χ3n) is 4.85. The Balaban J connectivity index is 1.79. The van der Waals surface area contributed by atoms with Gasteiger partial charge in [-0.1, -0.05) is 0 Å². The lowest BCUT2D eigenvalue weighted by molar-refractivity contribution is -0.148. The molecule has 3 heterocycles. The lowest BCUT2D eigenvalue weighted by Crippen LogP contribution is -2.44. The molecular weight excluding hydrogens is 322 g/mol. The van der Waals surface area contributed by atoms with Gasteiger partial charge in [-0.25, -0.2) is 0 Å². The Hall–Kier alpha value is -1.42. The highest BCUT2D eigenvalue weighted by molar-refractivity contribution is 7.86. The maximum atomic E-state index is 12.3. The van der Waals surface area contributed by atoms with Gasteiger partial charge in [-0.2, -0.15) is 17.0 Å². The fourth-order valence-electron chi connectivity index (χ4n) is 3.59. The fraction of sp³-hybridized carbons (Fsp3) is 0.643. The van der Waals surface area contributed by atoms with Gasteiger partial charge < -0.3 is 9.52 Å². The van der Waals surface area contributed by atoms with Gasteiger partial charge >= 0.3 is 5.97 Å². The summed E-state index contributed by atoms with van der Waals surface area (Å²) >= 11 is 0. The Bertz CT molecular complexity index is 687. The number of hydrogen-bond acceptors (Lipinski definition) is 5. The van der Waals surface area contributed by atoms with Gasteiger partial charge in [-0.05, 0) is 6.07 Å². The summed E-state index contributed by atoms with van der Waals surface area (Å²) in [5.41, 5.74) is -0.0458. The van der Waals surface area contributed by atoms with Gasteiger partial charge in [-0.15, -0.1) is 0 Å². The minimum absolute atomic E-state index is 0.0232. The van der Waals surface area contributed by atoms with E-state index in [4.69, 9.17) is 4.42 Å². The summed E-state index contributed by atoms with van der Waals surface area (Å²) in [6, 6.07) is 1.85. The van der Waals surface area contributed by atoms with Crippen molar-refractivity contribution in [3.8, 4) is 0 Å². The van der Waals surface area contributed by atoms with E-state index in [0.717, 1.165) is 9.87 Å². The highest BCUT2D eigenvalue weighted by Gasteiger charge is 2.59. The molecule has 128 valence electrons. The Morgan fingerprint density at radius 2 is 2.17 bits per heavy atom. The summed E-state index contributed by atoms with van der Waals surface area (Å²) in [6.45, 7) is 1.79. The average molecular weight is 343 g/mol. The quantitative estimate of drug-likeness (QED) is 0.803. The lowest BCUT2D eigenvalue weighted by Gasteiger charge is -2.26. The number of likely N-dealkylation sites (tertiary alicyclic amines) is 1. The van der Waals surface area contributed by atoms with Crippen LogP contribution in [0.25, 0.3) is 0 Å². The SMILES string of the molecule is CN(C)S(=O)(=O)N1C[C@H]2CN(Cc3ccoc3)C[C@@]2(C(=O)O)C1. The van der Waals surface area contributed by atoms with Crippen molar-refractivity contribution in [3.63, 3.8) is 0 Å². The smallest absolute Gasteiger partial charge is 0.312 e. The number of fused-ring (bicyclic) bond motifs is 1. The van der Waals surface area contributed by atoms with E-state index in [1.165, 1.54) is 18.4 Å². The Morgan fingerprint density at radius 1 is 1.43 bits per heavy atom. The molecule has 0 amide bonds. The van der Waals surface area contributed by atoms with Crippen molar-refractivity contribution in [1.82, 2.24) is 13.5 Å². The number of aliphatic carboxylic acids is 1. The highest BCUT2D eigenvalue weighted by Crippen LogP contribution is 2.44. The molecule has 0 bridgehead atoms. The molecule has 0 aliphatic carbocycles. The lowest BCUT2D eigenvalue weighted by atomic mass is 9.81. The molecule has 8 nitrogen and oxygen atoms in total. The van der Waals surface area contributed by atoms with Crippen LogP contribution < -0.4 is 0 Å². The van der Waals surface area contributed by atoms with E-state index < -0.39 is 21.6 Å². The van der Waals surface area contributed by atoms with Crippen LogP contribution in [0.3, 0.4) is 0 Å². The first kappa shape index (κ1) is 16.4. The number of carboxylic acid groups (broad SMARTS) is 1. The third-order valence-corrected chi connectivity index (χ3v) is 6.70. The van der Waals surface area contributed by atoms with Crippen molar-refractivity contribution >= 4 is 16.2 Å². The molecule has 2 aliphatic rings. The molecule has 2 saturated heterocycles. The number of nitrogens with zero attached hydrogens (tertiary/aromatic N) is 3. The van der Waals surface area contributed by atoms with Gasteiger partial charge in [0.25, 0.3) is 10.2 Å². The van der Waals surface area contributed by atoms with Crippen molar-refractivity contribution in [2.75, 3.05) is 40.3 Å². The largest absolute Gasteiger partial charge is 0.481 e. The maximum Gasteiger partial charge on any atom is 0.312 e. The van der Waals surface area contributed by atoms with E-state index in [-0.39, 0.29) is 19.0 Å². The zero-order valence-electron chi connectivity index (χ0n) is 13.2. The Morgan fingerprint density at radius 3 is 2.70 bits per heavy atom. The van der Waals surface area contributed by atoms with E-state index >= 15 is 0 Å². The van der Waals surface area contributed by atoms with E-state index in [9.17, 15) is 18.3 Å². The van der Waals surface area contributed by atoms with Crippen LogP contribution >= 0.6 is 0 Å². The first-order chi connectivity index (χ1) is 10.8. The minimum Gasteiger partial charge on any atom is -0.481 e. The van der Waals surface area contributed by atoms with Crippen molar-refractivity contribution in [2.24, 2.45) is 11.3 Å². The van der Waals surface area contributed by atoms with Crippen LogP contribution in [0.2, 0.25) is 0 Å². The van der Waals surface area contributed by atoms with Crippen molar-refractivity contribution in [3.05, 3.63) is 24.2 Å². The van der Waals surface area contributed by atoms with Crippen molar-refractivity contribution in [2.45, 2.75) is 6.54 Å². The second-order valence-electron chi connectivity index (χ2n) is 6.54. The van der Waals surface area contributed by atoms with E-state index in [1.54, 1.807) is 12.5 Å². The van der Waals surface area contributed by atoms with Gasteiger partial charge in [-0.3, -0.25) is 9.69 Å². The maximum absolute atomic E-state index is 12.3. The van der Waals surface area contributed by atoms with Gasteiger partial charge in [0.1, 0.15) is 0 Å². The zero-order chi connectivity index (χ0) is 16.8. The Labute approximate surface area is 135 Å². The van der Waals surface area contributed by atoms with Crippen LogP contribution in [0, 0.1) is 11.3 Å². The normalized spacial score (nSPS) is 29.3. The monoisotopic (exact) mass is 343 g/mol. The molecule has 3 rings (SSSR count). The van der Waals surface area contributed by atoms with E-state index in [0.29, 0.717) is 19.6 Å². The van der Waals surface area contributed by atoms with Crippen LogP contribution in [0.15, 0.2) is 23.0 Å². The van der Waals surface area contributed by atoms with Crippen LogP contribution in [0.5, 0.6) is 0 Å². The first-order valence-corrected chi connectivity index (χ1v) is 8.80. The molecule has 1 aromatic heterocycles. The summed E-state index contributed by atoms with van der Waals surface area (Å²) < 4.78 is 32.1. The molecule has 0 aromatic carbocycles. The van der Waals surface area contributed by atoms with Crippen LogP contribution in [-0.2, 0) is 21.5 Å². The molecule has 0 unspecified atom stereocenters. The van der Waals surface area contributed by atoms with E-state index in [1.807, 2.05) is 6.07 Å². The van der Waals surface area contributed by atoms with Crippen LogP contribution in [0.4, 0.5) is 0 Å². The van der Waals surface area contributed by atoms with Gasteiger partial charge in [0, 0.05) is 58.3 Å². The number of furan rings is 1. The van der Waals surface area contributed by atoms with E-state index in [2.05, 4.69) is 4.90 Å².